The topological polar surface area (TPSA) is 78.9 Å². The van der Waals surface area contributed by atoms with Crippen LogP contribution in [0.5, 0.6) is 23.0 Å². The molecule has 0 saturated heterocycles. The molecule has 7 heteroatoms. The molecule has 1 N–H and O–H groups in total. The van der Waals surface area contributed by atoms with Gasteiger partial charge in [0.1, 0.15) is 5.69 Å². The molecular weight excluding hydrogens is 348 g/mol. The number of rotatable bonds is 2. The number of hydrogen-bond donors (Lipinski definition) is 1. The quantitative estimate of drug-likeness (QED) is 0.753. The van der Waals surface area contributed by atoms with Crippen LogP contribution in [0, 0.1) is 6.92 Å². The minimum absolute atomic E-state index is 0.158. The molecule has 2 aromatic carbocycles. The Hall–Kier alpha value is -3.48. The van der Waals surface area contributed by atoms with Crippen molar-refractivity contribution in [3.05, 3.63) is 41.6 Å². The van der Waals surface area contributed by atoms with Crippen molar-refractivity contribution in [1.29, 1.82) is 0 Å². The summed E-state index contributed by atoms with van der Waals surface area (Å²) in [5.74, 6) is 2.43. The van der Waals surface area contributed by atoms with E-state index in [1.807, 2.05) is 37.3 Å². The van der Waals surface area contributed by atoms with Crippen LogP contribution in [0.3, 0.4) is 0 Å². The van der Waals surface area contributed by atoms with Crippen molar-refractivity contribution < 1.29 is 23.7 Å². The number of benzene rings is 2. The Labute approximate surface area is 154 Å². The Kier molecular flexibility index (Phi) is 3.36. The molecule has 1 amide bonds. The van der Waals surface area contributed by atoms with E-state index in [1.54, 1.807) is 7.05 Å². The molecule has 0 fully saturated rings. The molecule has 0 bridgehead atoms. The number of fused-ring (bicyclic) bond motifs is 4. The van der Waals surface area contributed by atoms with E-state index >= 15 is 0 Å². The average molecular weight is 364 g/mol. The number of carbonyl (C=O) groups excluding carboxylic acids is 1. The van der Waals surface area contributed by atoms with Crippen LogP contribution in [-0.4, -0.2) is 31.5 Å². The fraction of sp³-hybridized carbons (Fsp3) is 0.200. The second-order valence-corrected chi connectivity index (χ2v) is 6.30. The monoisotopic (exact) mass is 364 g/mol. The zero-order valence-electron chi connectivity index (χ0n) is 14.8. The van der Waals surface area contributed by atoms with Crippen LogP contribution in [0.15, 0.2) is 30.3 Å². The molecule has 0 atom stereocenters. The van der Waals surface area contributed by atoms with Gasteiger partial charge in [0.15, 0.2) is 23.0 Å². The number of amides is 1. The third kappa shape index (κ3) is 2.28. The summed E-state index contributed by atoms with van der Waals surface area (Å²) in [7, 11) is 1.59. The summed E-state index contributed by atoms with van der Waals surface area (Å²) >= 11 is 0. The van der Waals surface area contributed by atoms with Crippen molar-refractivity contribution in [2.75, 3.05) is 20.6 Å². The van der Waals surface area contributed by atoms with Crippen LogP contribution in [0.4, 0.5) is 0 Å². The van der Waals surface area contributed by atoms with Crippen LogP contribution in [-0.2, 0) is 0 Å². The van der Waals surface area contributed by atoms with Crippen LogP contribution in [0.25, 0.3) is 22.0 Å². The van der Waals surface area contributed by atoms with Gasteiger partial charge in [-0.15, -0.1) is 0 Å². The molecule has 3 aromatic rings. The molecule has 0 spiro atoms. The molecule has 0 aliphatic carbocycles. The lowest BCUT2D eigenvalue weighted by Gasteiger charge is -2.16. The first-order valence-electron chi connectivity index (χ1n) is 8.52. The van der Waals surface area contributed by atoms with Gasteiger partial charge in [0.05, 0.1) is 10.9 Å². The SMILES string of the molecule is CNC(=O)c1nc2ccc3c(c2c(-c2ccc4c(c2)OCO4)c1C)OCO3. The highest BCUT2D eigenvalue weighted by Gasteiger charge is 2.26. The molecule has 2 aliphatic heterocycles. The average Bonchev–Trinajstić information content (AvgIpc) is 3.35. The van der Waals surface area contributed by atoms with E-state index in [9.17, 15) is 4.79 Å². The largest absolute Gasteiger partial charge is 0.454 e. The molecule has 7 nitrogen and oxygen atoms in total. The minimum atomic E-state index is -0.242. The summed E-state index contributed by atoms with van der Waals surface area (Å²) in [5, 5.41) is 3.47. The van der Waals surface area contributed by atoms with Gasteiger partial charge < -0.3 is 24.3 Å². The van der Waals surface area contributed by atoms with E-state index in [-0.39, 0.29) is 19.5 Å². The van der Waals surface area contributed by atoms with Gasteiger partial charge in [0.2, 0.25) is 13.6 Å². The van der Waals surface area contributed by atoms with Crippen LogP contribution in [0.2, 0.25) is 0 Å². The molecule has 1 aromatic heterocycles. The molecule has 0 unspecified atom stereocenters. The zero-order valence-corrected chi connectivity index (χ0v) is 14.8. The maximum absolute atomic E-state index is 12.4. The Morgan fingerprint density at radius 1 is 1.00 bits per heavy atom. The van der Waals surface area contributed by atoms with E-state index in [4.69, 9.17) is 18.9 Å². The number of aromatic nitrogens is 1. The predicted molar refractivity (Wildman–Crippen MR) is 97.6 cm³/mol. The lowest BCUT2D eigenvalue weighted by molar-refractivity contribution is 0.0958. The smallest absolute Gasteiger partial charge is 0.269 e. The van der Waals surface area contributed by atoms with Crippen molar-refractivity contribution in [2.24, 2.45) is 0 Å². The normalized spacial score (nSPS) is 13.9. The maximum atomic E-state index is 12.4. The molecule has 136 valence electrons. The third-order valence-electron chi connectivity index (χ3n) is 4.83. The fourth-order valence-electron chi connectivity index (χ4n) is 3.56. The second-order valence-electron chi connectivity index (χ2n) is 6.30. The maximum Gasteiger partial charge on any atom is 0.269 e. The van der Waals surface area contributed by atoms with Crippen LogP contribution >= 0.6 is 0 Å². The summed E-state index contributed by atoms with van der Waals surface area (Å²) in [6.45, 7) is 2.24. The Bertz CT molecular complexity index is 1110. The first-order valence-corrected chi connectivity index (χ1v) is 8.52. The summed E-state index contributed by atoms with van der Waals surface area (Å²) in [6, 6.07) is 9.36. The number of hydrogen-bond acceptors (Lipinski definition) is 6. The van der Waals surface area contributed by atoms with E-state index in [0.717, 1.165) is 22.1 Å². The standard InChI is InChI=1S/C20H16N2O5/c1-10-16(11-3-5-13-15(7-11)26-8-24-13)17-12(22-18(10)20(23)21-2)4-6-14-19(17)27-9-25-14/h3-7H,8-9H2,1-2H3,(H,21,23). The lowest BCUT2D eigenvalue weighted by Crippen LogP contribution is -2.21. The highest BCUT2D eigenvalue weighted by Crippen LogP contribution is 2.46. The highest BCUT2D eigenvalue weighted by molar-refractivity contribution is 6.07. The van der Waals surface area contributed by atoms with E-state index < -0.39 is 0 Å². The van der Waals surface area contributed by atoms with Gasteiger partial charge in [-0.1, -0.05) is 6.07 Å². The molecule has 27 heavy (non-hydrogen) atoms. The number of pyridine rings is 1. The first-order chi connectivity index (χ1) is 13.2. The van der Waals surface area contributed by atoms with Crippen molar-refractivity contribution >= 4 is 16.8 Å². The summed E-state index contributed by atoms with van der Waals surface area (Å²) in [5.41, 5.74) is 3.54. The van der Waals surface area contributed by atoms with Crippen LogP contribution < -0.4 is 24.3 Å². The number of ether oxygens (including phenoxy) is 4. The van der Waals surface area contributed by atoms with Gasteiger partial charge >= 0.3 is 0 Å². The van der Waals surface area contributed by atoms with E-state index in [1.165, 1.54) is 0 Å². The van der Waals surface area contributed by atoms with Crippen molar-refractivity contribution in [3.63, 3.8) is 0 Å². The Morgan fingerprint density at radius 2 is 1.74 bits per heavy atom. The van der Waals surface area contributed by atoms with Gasteiger partial charge in [-0.2, -0.15) is 0 Å². The van der Waals surface area contributed by atoms with Gasteiger partial charge in [-0.3, -0.25) is 4.79 Å². The minimum Gasteiger partial charge on any atom is -0.454 e. The lowest BCUT2D eigenvalue weighted by atomic mass is 9.93. The predicted octanol–water partition coefficient (Wildman–Crippen LogP) is 3.03. The van der Waals surface area contributed by atoms with Gasteiger partial charge in [0, 0.05) is 12.6 Å². The zero-order chi connectivity index (χ0) is 18.5. The molecule has 3 heterocycles. The van der Waals surface area contributed by atoms with Gasteiger partial charge in [0.25, 0.3) is 5.91 Å². The van der Waals surface area contributed by atoms with Crippen molar-refractivity contribution in [1.82, 2.24) is 10.3 Å². The Morgan fingerprint density at radius 3 is 2.59 bits per heavy atom. The van der Waals surface area contributed by atoms with Gasteiger partial charge in [-0.05, 0) is 42.3 Å². The summed E-state index contributed by atoms with van der Waals surface area (Å²) in [6.07, 6.45) is 0. The number of nitrogens with one attached hydrogen (secondary N) is 1. The second kappa shape index (κ2) is 5.77. The number of carbonyl (C=O) groups is 1. The summed E-state index contributed by atoms with van der Waals surface area (Å²) in [4.78, 5) is 17.0. The van der Waals surface area contributed by atoms with Gasteiger partial charge in [-0.25, -0.2) is 4.98 Å². The fourth-order valence-corrected chi connectivity index (χ4v) is 3.56. The molecule has 0 saturated carbocycles. The Balaban J connectivity index is 1.87. The first kappa shape index (κ1) is 15.7. The van der Waals surface area contributed by atoms with E-state index in [2.05, 4.69) is 10.3 Å². The van der Waals surface area contributed by atoms with Crippen molar-refractivity contribution in [2.45, 2.75) is 6.92 Å². The molecule has 2 aliphatic rings. The molecule has 5 rings (SSSR count). The third-order valence-corrected chi connectivity index (χ3v) is 4.83. The van der Waals surface area contributed by atoms with E-state index in [0.29, 0.717) is 34.2 Å². The highest BCUT2D eigenvalue weighted by atomic mass is 16.7. The molecular formula is C20H16N2O5. The number of nitrogens with zero attached hydrogens (tertiary/aromatic N) is 1. The van der Waals surface area contributed by atoms with Crippen LogP contribution in [0.1, 0.15) is 16.1 Å². The molecule has 0 radical (unpaired) electrons. The van der Waals surface area contributed by atoms with Crippen molar-refractivity contribution in [3.8, 4) is 34.1 Å². The summed E-state index contributed by atoms with van der Waals surface area (Å²) < 4.78 is 22.2.